The van der Waals surface area contributed by atoms with E-state index in [1.807, 2.05) is 0 Å². The van der Waals surface area contributed by atoms with Gasteiger partial charge in [-0.05, 0) is 12.5 Å². The lowest BCUT2D eigenvalue weighted by Gasteiger charge is -2.35. The van der Waals surface area contributed by atoms with Gasteiger partial charge in [-0.25, -0.2) is 18.4 Å². The first kappa shape index (κ1) is 22.7. The zero-order valence-corrected chi connectivity index (χ0v) is 19.4. The monoisotopic (exact) mass is 432 g/mol. The fraction of sp³-hybridized carbons (Fsp3) is 0.545. The summed E-state index contributed by atoms with van der Waals surface area (Å²) in [5, 5.41) is 0. The van der Waals surface area contributed by atoms with Gasteiger partial charge in [0.2, 0.25) is 10.0 Å². The molecular weight excluding hydrogens is 400 g/mol. The Bertz CT molecular complexity index is 984. The summed E-state index contributed by atoms with van der Waals surface area (Å²) in [7, 11) is -1.50. The summed E-state index contributed by atoms with van der Waals surface area (Å²) in [4.78, 5) is 12.0. The number of hydrogen-bond acceptors (Lipinski definition) is 6. The smallest absolute Gasteiger partial charge is 0.211 e. The number of benzene rings is 1. The van der Waals surface area contributed by atoms with E-state index in [0.29, 0.717) is 39.2 Å². The van der Waals surface area contributed by atoms with Crippen LogP contribution in [0.15, 0.2) is 24.3 Å². The van der Waals surface area contributed by atoms with Crippen LogP contribution in [0, 0.1) is 6.92 Å². The van der Waals surface area contributed by atoms with Gasteiger partial charge in [-0.3, -0.25) is 0 Å². The van der Waals surface area contributed by atoms with E-state index in [2.05, 4.69) is 49.9 Å². The molecule has 1 aromatic heterocycles. The van der Waals surface area contributed by atoms with Crippen LogP contribution in [-0.2, 0) is 27.8 Å². The molecule has 0 spiro atoms. The van der Waals surface area contributed by atoms with E-state index in [9.17, 15) is 8.42 Å². The number of sulfonamides is 1. The zero-order chi connectivity index (χ0) is 21.9. The molecule has 0 atom stereocenters. The first-order chi connectivity index (χ1) is 14.2. The number of aromatic nitrogens is 2. The van der Waals surface area contributed by atoms with Crippen molar-refractivity contribution in [1.82, 2.24) is 14.3 Å². The summed E-state index contributed by atoms with van der Waals surface area (Å²) in [5.41, 5.74) is 4.37. The minimum absolute atomic E-state index is 0.185. The van der Waals surface area contributed by atoms with Crippen LogP contribution in [0.25, 0.3) is 0 Å². The number of piperazine rings is 1. The van der Waals surface area contributed by atoms with E-state index in [1.165, 1.54) is 21.7 Å². The Morgan fingerprint density at radius 1 is 1.13 bits per heavy atom. The van der Waals surface area contributed by atoms with Gasteiger partial charge in [0, 0.05) is 51.2 Å². The van der Waals surface area contributed by atoms with E-state index in [1.54, 1.807) is 7.11 Å². The highest BCUT2D eigenvalue weighted by molar-refractivity contribution is 7.88. The summed E-state index contributed by atoms with van der Waals surface area (Å²) in [6.45, 7) is 8.80. The summed E-state index contributed by atoms with van der Waals surface area (Å²) >= 11 is 0. The molecule has 164 valence electrons. The van der Waals surface area contributed by atoms with E-state index >= 15 is 0 Å². The van der Waals surface area contributed by atoms with Gasteiger partial charge in [0.15, 0.2) is 0 Å². The minimum Gasteiger partial charge on any atom is -0.378 e. The van der Waals surface area contributed by atoms with E-state index in [4.69, 9.17) is 14.7 Å². The summed E-state index contributed by atoms with van der Waals surface area (Å²) in [5.74, 6) is 1.87. The van der Waals surface area contributed by atoms with Crippen LogP contribution in [0.4, 0.5) is 5.82 Å². The van der Waals surface area contributed by atoms with Crippen molar-refractivity contribution in [3.8, 4) is 0 Å². The highest BCUT2D eigenvalue weighted by Crippen LogP contribution is 2.28. The first-order valence-electron chi connectivity index (χ1n) is 10.3. The maximum Gasteiger partial charge on any atom is 0.211 e. The average molecular weight is 433 g/mol. The molecule has 1 fully saturated rings. The molecule has 0 N–H and O–H groups in total. The Morgan fingerprint density at radius 3 is 2.40 bits per heavy atom. The molecule has 1 saturated heterocycles. The summed E-state index contributed by atoms with van der Waals surface area (Å²) in [6, 6.07) is 8.45. The molecule has 0 aliphatic carbocycles. The van der Waals surface area contributed by atoms with E-state index in [0.717, 1.165) is 22.9 Å². The molecule has 1 aliphatic rings. The number of nitrogens with zero attached hydrogens (tertiary/aromatic N) is 4. The second-order valence-corrected chi connectivity index (χ2v) is 10.2. The van der Waals surface area contributed by atoms with Crippen LogP contribution in [-0.4, -0.2) is 62.2 Å². The van der Waals surface area contributed by atoms with E-state index < -0.39 is 10.0 Å². The zero-order valence-electron chi connectivity index (χ0n) is 18.6. The number of methoxy groups -OCH3 is 1. The van der Waals surface area contributed by atoms with Crippen LogP contribution in [0.2, 0.25) is 0 Å². The van der Waals surface area contributed by atoms with Gasteiger partial charge in [-0.1, -0.05) is 43.7 Å². The molecule has 2 heterocycles. The van der Waals surface area contributed by atoms with Gasteiger partial charge >= 0.3 is 0 Å². The molecule has 0 unspecified atom stereocenters. The molecule has 3 rings (SSSR count). The highest BCUT2D eigenvalue weighted by Gasteiger charge is 2.27. The van der Waals surface area contributed by atoms with Crippen molar-refractivity contribution in [2.45, 2.75) is 39.7 Å². The first-order valence-corrected chi connectivity index (χ1v) is 12.2. The number of ether oxygens (including phenoxy) is 1. The standard InChI is InChI=1S/C22H32N4O3S/c1-16(2)21-23-20(15-29-4)19(14-18-8-6-7-17(3)13-18)22(24-21)25-9-11-26(12-10-25)30(5,27)28/h6-8,13,16H,9-12,14-15H2,1-5H3. The molecule has 7 nitrogen and oxygen atoms in total. The Labute approximate surface area is 180 Å². The normalized spacial score (nSPS) is 15.7. The molecule has 0 radical (unpaired) electrons. The average Bonchev–Trinajstić information content (AvgIpc) is 2.68. The summed E-state index contributed by atoms with van der Waals surface area (Å²) < 4.78 is 30.8. The minimum atomic E-state index is -3.18. The molecule has 0 amide bonds. The van der Waals surface area contributed by atoms with Crippen molar-refractivity contribution in [2.24, 2.45) is 0 Å². The molecule has 1 aromatic carbocycles. The van der Waals surface area contributed by atoms with Gasteiger partial charge < -0.3 is 9.64 Å². The number of anilines is 1. The van der Waals surface area contributed by atoms with Crippen molar-refractivity contribution >= 4 is 15.8 Å². The van der Waals surface area contributed by atoms with Crippen molar-refractivity contribution in [1.29, 1.82) is 0 Å². The third kappa shape index (κ3) is 5.36. The quantitative estimate of drug-likeness (QED) is 0.670. The van der Waals surface area contributed by atoms with Gasteiger partial charge in [-0.2, -0.15) is 4.31 Å². The Kier molecular flexibility index (Phi) is 7.10. The molecule has 2 aromatic rings. The third-order valence-corrected chi connectivity index (χ3v) is 6.66. The van der Waals surface area contributed by atoms with Crippen LogP contribution < -0.4 is 4.90 Å². The maximum absolute atomic E-state index is 11.9. The molecule has 30 heavy (non-hydrogen) atoms. The lowest BCUT2D eigenvalue weighted by Crippen LogP contribution is -2.49. The molecule has 8 heteroatoms. The Balaban J connectivity index is 2.02. The fourth-order valence-electron chi connectivity index (χ4n) is 3.75. The van der Waals surface area contributed by atoms with E-state index in [-0.39, 0.29) is 5.92 Å². The predicted octanol–water partition coefficient (Wildman–Crippen LogP) is 2.73. The van der Waals surface area contributed by atoms with Crippen LogP contribution in [0.3, 0.4) is 0 Å². The molecule has 0 saturated carbocycles. The number of hydrogen-bond donors (Lipinski definition) is 0. The Hall–Kier alpha value is -2.03. The van der Waals surface area contributed by atoms with Crippen LogP contribution in [0.1, 0.15) is 48.0 Å². The van der Waals surface area contributed by atoms with Gasteiger partial charge in [0.1, 0.15) is 11.6 Å². The summed E-state index contributed by atoms with van der Waals surface area (Å²) in [6.07, 6.45) is 1.98. The second kappa shape index (κ2) is 9.41. The molecule has 1 aliphatic heterocycles. The topological polar surface area (TPSA) is 75.6 Å². The van der Waals surface area contributed by atoms with Crippen LogP contribution in [0.5, 0.6) is 0 Å². The van der Waals surface area contributed by atoms with Gasteiger partial charge in [-0.15, -0.1) is 0 Å². The third-order valence-electron chi connectivity index (χ3n) is 5.36. The molecule has 0 bridgehead atoms. The van der Waals surface area contributed by atoms with Crippen LogP contribution >= 0.6 is 0 Å². The largest absolute Gasteiger partial charge is 0.378 e. The molecular formula is C22H32N4O3S. The van der Waals surface area contributed by atoms with Gasteiger partial charge in [0.05, 0.1) is 18.6 Å². The maximum atomic E-state index is 11.9. The Morgan fingerprint density at radius 2 is 1.83 bits per heavy atom. The van der Waals surface area contributed by atoms with Crippen molar-refractivity contribution in [3.05, 3.63) is 52.5 Å². The van der Waals surface area contributed by atoms with Gasteiger partial charge in [0.25, 0.3) is 0 Å². The second-order valence-electron chi connectivity index (χ2n) is 8.23. The number of rotatable bonds is 7. The SMILES string of the molecule is COCc1nc(C(C)C)nc(N2CCN(S(C)(=O)=O)CC2)c1Cc1cccc(C)c1. The van der Waals surface area contributed by atoms with Crippen molar-refractivity contribution in [2.75, 3.05) is 44.4 Å². The number of aryl methyl sites for hydroxylation is 1. The van der Waals surface area contributed by atoms with Crippen molar-refractivity contribution < 1.29 is 13.2 Å². The van der Waals surface area contributed by atoms with Crippen molar-refractivity contribution in [3.63, 3.8) is 0 Å². The highest BCUT2D eigenvalue weighted by atomic mass is 32.2. The predicted molar refractivity (Wildman–Crippen MR) is 119 cm³/mol. The lowest BCUT2D eigenvalue weighted by molar-refractivity contribution is 0.180. The fourth-order valence-corrected chi connectivity index (χ4v) is 4.58. The lowest BCUT2D eigenvalue weighted by atomic mass is 10.0.